The number of fused-ring (bicyclic) bond motifs is 1. The van der Waals surface area contributed by atoms with Crippen LogP contribution in [-0.4, -0.2) is 21.4 Å². The lowest BCUT2D eigenvalue weighted by Gasteiger charge is -2.28. The number of nitrogens with one attached hydrogen (secondary N) is 1. The van der Waals surface area contributed by atoms with Crippen LogP contribution in [-0.2, 0) is 19.5 Å². The average molecular weight is 402 g/mol. The maximum absolute atomic E-state index is 12.5. The van der Waals surface area contributed by atoms with Gasteiger partial charge in [-0.2, -0.15) is 0 Å². The molecule has 4 rings (SSSR count). The topological polar surface area (TPSA) is 49.0 Å². The fourth-order valence-corrected chi connectivity index (χ4v) is 4.09. The van der Waals surface area contributed by atoms with Gasteiger partial charge in [0.15, 0.2) is 5.82 Å². The van der Waals surface area contributed by atoms with Gasteiger partial charge in [-0.3, -0.25) is 9.69 Å². The number of rotatable bonds is 3. The van der Waals surface area contributed by atoms with E-state index in [1.165, 1.54) is 5.56 Å². The van der Waals surface area contributed by atoms with E-state index < -0.39 is 0 Å². The Morgan fingerprint density at radius 3 is 2.92 bits per heavy atom. The average Bonchev–Trinajstić information content (AvgIpc) is 3.12. The molecule has 3 heterocycles. The Labute approximate surface area is 152 Å². The maximum Gasteiger partial charge on any atom is 0.255 e. The number of aromatic nitrogens is 2. The summed E-state index contributed by atoms with van der Waals surface area (Å²) in [5.41, 5.74) is 2.96. The van der Waals surface area contributed by atoms with E-state index in [0.717, 1.165) is 40.1 Å². The molecule has 24 heavy (non-hydrogen) atoms. The van der Waals surface area contributed by atoms with Crippen molar-refractivity contribution in [3.8, 4) is 10.7 Å². The first-order chi connectivity index (χ1) is 11.7. The molecule has 0 saturated heterocycles. The molecular formula is C18H16BrN3OS. The number of thiophene rings is 1. The summed E-state index contributed by atoms with van der Waals surface area (Å²) in [6.45, 7) is 2.38. The Kier molecular flexibility index (Phi) is 4.35. The fourth-order valence-electron chi connectivity index (χ4n) is 3.01. The maximum atomic E-state index is 12.5. The van der Waals surface area contributed by atoms with Crippen molar-refractivity contribution < 1.29 is 0 Å². The molecule has 0 radical (unpaired) electrons. The van der Waals surface area contributed by atoms with Crippen molar-refractivity contribution in [1.29, 1.82) is 0 Å². The van der Waals surface area contributed by atoms with Crippen LogP contribution in [0, 0.1) is 0 Å². The van der Waals surface area contributed by atoms with Crippen LogP contribution >= 0.6 is 27.3 Å². The first-order valence-corrected chi connectivity index (χ1v) is 9.49. The minimum Gasteiger partial charge on any atom is -0.306 e. The molecule has 1 aliphatic rings. The number of nitrogens with zero attached hydrogens (tertiary/aromatic N) is 2. The highest BCUT2D eigenvalue weighted by Gasteiger charge is 2.22. The largest absolute Gasteiger partial charge is 0.306 e. The van der Waals surface area contributed by atoms with Gasteiger partial charge in [0.05, 0.1) is 16.1 Å². The van der Waals surface area contributed by atoms with Gasteiger partial charge in [-0.05, 0) is 23.1 Å². The summed E-state index contributed by atoms with van der Waals surface area (Å²) in [6, 6.07) is 12.2. The Morgan fingerprint density at radius 2 is 2.12 bits per heavy atom. The predicted octanol–water partition coefficient (Wildman–Crippen LogP) is 3.82. The molecule has 2 aromatic heterocycles. The molecule has 0 fully saturated rings. The first-order valence-electron chi connectivity index (χ1n) is 7.82. The van der Waals surface area contributed by atoms with Crippen molar-refractivity contribution in [3.05, 3.63) is 73.4 Å². The number of aromatic amines is 1. The molecule has 1 N–H and O–H groups in total. The number of halogens is 1. The molecule has 0 bridgehead atoms. The van der Waals surface area contributed by atoms with E-state index in [2.05, 4.69) is 37.9 Å². The van der Waals surface area contributed by atoms with Crippen LogP contribution in [0.5, 0.6) is 0 Å². The van der Waals surface area contributed by atoms with Crippen LogP contribution in [0.2, 0.25) is 0 Å². The molecule has 0 aliphatic carbocycles. The van der Waals surface area contributed by atoms with Gasteiger partial charge in [-0.15, -0.1) is 11.3 Å². The molecule has 0 saturated carbocycles. The summed E-state index contributed by atoms with van der Waals surface area (Å²) in [6.07, 6.45) is 0.808. The minimum absolute atomic E-state index is 0.0137. The van der Waals surface area contributed by atoms with Gasteiger partial charge in [0, 0.05) is 30.5 Å². The summed E-state index contributed by atoms with van der Waals surface area (Å²) < 4.78 is 1.11. The molecule has 6 heteroatoms. The van der Waals surface area contributed by atoms with E-state index in [0.29, 0.717) is 12.4 Å². The van der Waals surface area contributed by atoms with E-state index in [9.17, 15) is 4.79 Å². The smallest absolute Gasteiger partial charge is 0.255 e. The van der Waals surface area contributed by atoms with Crippen LogP contribution in [0.1, 0.15) is 16.8 Å². The molecular weight excluding hydrogens is 386 g/mol. The van der Waals surface area contributed by atoms with Crippen molar-refractivity contribution in [2.45, 2.75) is 19.5 Å². The first kappa shape index (κ1) is 15.7. The summed E-state index contributed by atoms with van der Waals surface area (Å²) in [4.78, 5) is 23.5. The van der Waals surface area contributed by atoms with Crippen LogP contribution in [0.25, 0.3) is 10.7 Å². The highest BCUT2D eigenvalue weighted by Crippen LogP contribution is 2.24. The zero-order valence-corrected chi connectivity index (χ0v) is 15.4. The minimum atomic E-state index is -0.0137. The Balaban J connectivity index is 1.60. The fraction of sp³-hybridized carbons (Fsp3) is 0.222. The lowest BCUT2D eigenvalue weighted by atomic mass is 10.1. The van der Waals surface area contributed by atoms with Gasteiger partial charge in [0.25, 0.3) is 5.56 Å². The van der Waals surface area contributed by atoms with Crippen LogP contribution < -0.4 is 5.56 Å². The third kappa shape index (κ3) is 3.09. The third-order valence-corrected chi connectivity index (χ3v) is 5.90. The Hall–Kier alpha value is -1.76. The van der Waals surface area contributed by atoms with Crippen molar-refractivity contribution in [2.75, 3.05) is 6.54 Å². The molecule has 1 aromatic carbocycles. The van der Waals surface area contributed by atoms with Gasteiger partial charge in [-0.25, -0.2) is 4.98 Å². The van der Waals surface area contributed by atoms with Gasteiger partial charge in [-0.1, -0.05) is 40.2 Å². The molecule has 122 valence electrons. The second kappa shape index (κ2) is 6.63. The van der Waals surface area contributed by atoms with Gasteiger partial charge in [0.2, 0.25) is 0 Å². The number of hydrogen-bond donors (Lipinski definition) is 1. The normalized spacial score (nSPS) is 14.5. The van der Waals surface area contributed by atoms with Crippen molar-refractivity contribution in [1.82, 2.24) is 14.9 Å². The molecule has 4 nitrogen and oxygen atoms in total. The molecule has 1 aliphatic heterocycles. The van der Waals surface area contributed by atoms with E-state index in [1.807, 2.05) is 29.6 Å². The SMILES string of the molecule is O=c1[nH]c(-c2cccs2)nc2c1CN(Cc1ccccc1Br)CC2. The summed E-state index contributed by atoms with van der Waals surface area (Å²) in [7, 11) is 0. The highest BCUT2D eigenvalue weighted by molar-refractivity contribution is 9.10. The molecule has 0 unspecified atom stereocenters. The van der Waals surface area contributed by atoms with Crippen LogP contribution in [0.4, 0.5) is 0 Å². The van der Waals surface area contributed by atoms with Gasteiger partial charge < -0.3 is 4.98 Å². The highest BCUT2D eigenvalue weighted by atomic mass is 79.9. The Bertz CT molecular complexity index is 920. The number of hydrogen-bond acceptors (Lipinski definition) is 4. The molecule has 0 spiro atoms. The molecule has 3 aromatic rings. The predicted molar refractivity (Wildman–Crippen MR) is 100 cm³/mol. The second-order valence-electron chi connectivity index (χ2n) is 5.87. The zero-order chi connectivity index (χ0) is 16.5. The van der Waals surface area contributed by atoms with Gasteiger partial charge in [0.1, 0.15) is 0 Å². The second-order valence-corrected chi connectivity index (χ2v) is 7.67. The number of H-pyrrole nitrogens is 1. The molecule has 0 atom stereocenters. The monoisotopic (exact) mass is 401 g/mol. The van der Waals surface area contributed by atoms with Crippen molar-refractivity contribution >= 4 is 27.3 Å². The van der Waals surface area contributed by atoms with Crippen molar-refractivity contribution in [3.63, 3.8) is 0 Å². The van der Waals surface area contributed by atoms with E-state index in [1.54, 1.807) is 11.3 Å². The molecule has 0 amide bonds. The van der Waals surface area contributed by atoms with Crippen molar-refractivity contribution in [2.24, 2.45) is 0 Å². The lowest BCUT2D eigenvalue weighted by molar-refractivity contribution is 0.241. The Morgan fingerprint density at radius 1 is 1.25 bits per heavy atom. The van der Waals surface area contributed by atoms with E-state index >= 15 is 0 Å². The quantitative estimate of drug-likeness (QED) is 0.725. The van der Waals surface area contributed by atoms with E-state index in [4.69, 9.17) is 4.98 Å². The summed E-state index contributed by atoms with van der Waals surface area (Å²) in [5, 5.41) is 1.99. The zero-order valence-electron chi connectivity index (χ0n) is 13.0. The standard InChI is InChI=1S/C18H16BrN3OS/c19-14-5-2-1-4-12(14)10-22-8-7-15-13(11-22)18(23)21-17(20-15)16-6-3-9-24-16/h1-6,9H,7-8,10-11H2,(H,20,21,23). The van der Waals surface area contributed by atoms with E-state index in [-0.39, 0.29) is 5.56 Å². The summed E-state index contributed by atoms with van der Waals surface area (Å²) in [5.74, 6) is 0.688. The number of benzene rings is 1. The van der Waals surface area contributed by atoms with Gasteiger partial charge >= 0.3 is 0 Å². The summed E-state index contributed by atoms with van der Waals surface area (Å²) >= 11 is 5.19. The lowest BCUT2D eigenvalue weighted by Crippen LogP contribution is -2.35. The van der Waals surface area contributed by atoms with Crippen LogP contribution in [0.3, 0.4) is 0 Å². The third-order valence-electron chi connectivity index (χ3n) is 4.25. The van der Waals surface area contributed by atoms with Crippen LogP contribution in [0.15, 0.2) is 51.0 Å².